The third-order valence-electron chi connectivity index (χ3n) is 5.22. The number of hydrogen-bond acceptors (Lipinski definition) is 4. The minimum atomic E-state index is -1.80. The number of quaternary nitrogens is 1. The molecule has 5 atom stereocenters. The number of ether oxygens (including phenoxy) is 1. The molecule has 0 aromatic rings. The standard InChI is InChI=1S/C15H27NO4/c1-10(2)15(19,11(3)17)14(18)20-9-12-6-8-16-7-4-5-13(12)16/h10-13,17,19H,4-9H2,1-3H3/p+1/t11-,12-,13-,15+/m0/s1. The molecule has 116 valence electrons. The van der Waals surface area contributed by atoms with Gasteiger partial charge in [-0.3, -0.25) is 0 Å². The number of hydrogen-bond donors (Lipinski definition) is 3. The Hall–Kier alpha value is -0.650. The monoisotopic (exact) mass is 286 g/mol. The molecule has 2 rings (SSSR count). The maximum absolute atomic E-state index is 12.2. The van der Waals surface area contributed by atoms with Gasteiger partial charge >= 0.3 is 5.97 Å². The first-order valence-electron chi connectivity index (χ1n) is 7.79. The van der Waals surface area contributed by atoms with E-state index in [4.69, 9.17) is 4.74 Å². The van der Waals surface area contributed by atoms with E-state index in [2.05, 4.69) is 0 Å². The fourth-order valence-corrected chi connectivity index (χ4v) is 3.78. The lowest BCUT2D eigenvalue weighted by Gasteiger charge is -2.32. The quantitative estimate of drug-likeness (QED) is 0.588. The van der Waals surface area contributed by atoms with Gasteiger partial charge in [0.15, 0.2) is 5.60 Å². The molecule has 2 aliphatic heterocycles. The summed E-state index contributed by atoms with van der Waals surface area (Å²) in [5.74, 6) is -0.664. The molecule has 5 heteroatoms. The molecular formula is C15H28NO4+. The average Bonchev–Trinajstić information content (AvgIpc) is 2.97. The Morgan fingerprint density at radius 3 is 2.65 bits per heavy atom. The summed E-state index contributed by atoms with van der Waals surface area (Å²) in [4.78, 5) is 13.8. The summed E-state index contributed by atoms with van der Waals surface area (Å²) in [5.41, 5.74) is -1.80. The number of nitrogens with one attached hydrogen (secondary N) is 1. The van der Waals surface area contributed by atoms with Crippen molar-refractivity contribution in [1.82, 2.24) is 0 Å². The molecule has 0 radical (unpaired) electrons. The lowest BCUT2D eigenvalue weighted by Crippen LogP contribution is -3.11. The van der Waals surface area contributed by atoms with Crippen molar-refractivity contribution in [3.63, 3.8) is 0 Å². The second-order valence-electron chi connectivity index (χ2n) is 6.71. The van der Waals surface area contributed by atoms with Gasteiger partial charge in [-0.1, -0.05) is 13.8 Å². The van der Waals surface area contributed by atoms with Crippen molar-refractivity contribution in [3.05, 3.63) is 0 Å². The molecule has 20 heavy (non-hydrogen) atoms. The molecule has 0 aromatic carbocycles. The van der Waals surface area contributed by atoms with Crippen molar-refractivity contribution in [2.75, 3.05) is 19.7 Å². The molecule has 3 N–H and O–H groups in total. The molecule has 0 aliphatic carbocycles. The van der Waals surface area contributed by atoms with E-state index in [1.54, 1.807) is 18.7 Å². The summed E-state index contributed by atoms with van der Waals surface area (Å²) >= 11 is 0. The fraction of sp³-hybridized carbons (Fsp3) is 0.933. The number of carbonyl (C=O) groups is 1. The maximum atomic E-state index is 12.2. The third kappa shape index (κ3) is 2.71. The van der Waals surface area contributed by atoms with Crippen LogP contribution >= 0.6 is 0 Å². The van der Waals surface area contributed by atoms with Crippen LogP contribution in [0, 0.1) is 11.8 Å². The lowest BCUT2D eigenvalue weighted by molar-refractivity contribution is -0.900. The predicted molar refractivity (Wildman–Crippen MR) is 74.3 cm³/mol. The van der Waals surface area contributed by atoms with Crippen molar-refractivity contribution in [2.24, 2.45) is 11.8 Å². The van der Waals surface area contributed by atoms with Crippen molar-refractivity contribution in [2.45, 2.75) is 57.8 Å². The highest BCUT2D eigenvalue weighted by atomic mass is 16.6. The fourth-order valence-electron chi connectivity index (χ4n) is 3.78. The predicted octanol–water partition coefficient (Wildman–Crippen LogP) is -0.635. The Kier molecular flexibility index (Phi) is 4.72. The molecule has 2 saturated heterocycles. The van der Waals surface area contributed by atoms with Crippen LogP contribution in [-0.2, 0) is 9.53 Å². The molecule has 2 aliphatic rings. The smallest absolute Gasteiger partial charge is 0.341 e. The highest BCUT2D eigenvalue weighted by molar-refractivity contribution is 5.80. The van der Waals surface area contributed by atoms with Crippen LogP contribution in [0.1, 0.15) is 40.0 Å². The zero-order valence-corrected chi connectivity index (χ0v) is 12.8. The molecule has 0 bridgehead atoms. The molecule has 2 heterocycles. The summed E-state index contributed by atoms with van der Waals surface area (Å²) in [6, 6.07) is 0.612. The third-order valence-corrected chi connectivity index (χ3v) is 5.22. The van der Waals surface area contributed by atoms with E-state index >= 15 is 0 Å². The summed E-state index contributed by atoms with van der Waals surface area (Å²) in [6.07, 6.45) is 2.42. The molecule has 0 amide bonds. The minimum absolute atomic E-state index is 0.370. The van der Waals surface area contributed by atoms with E-state index in [0.717, 1.165) is 13.0 Å². The van der Waals surface area contributed by atoms with E-state index in [9.17, 15) is 15.0 Å². The molecule has 1 unspecified atom stereocenters. The number of rotatable bonds is 5. The molecule has 5 nitrogen and oxygen atoms in total. The first-order valence-corrected chi connectivity index (χ1v) is 7.79. The zero-order chi connectivity index (χ0) is 14.9. The Labute approximate surface area is 120 Å². The van der Waals surface area contributed by atoms with Crippen molar-refractivity contribution in [1.29, 1.82) is 0 Å². The Bertz CT molecular complexity index is 348. The number of esters is 1. The number of fused-ring (bicyclic) bond motifs is 1. The zero-order valence-electron chi connectivity index (χ0n) is 12.8. The van der Waals surface area contributed by atoms with Gasteiger partial charge in [0.1, 0.15) is 6.61 Å². The van der Waals surface area contributed by atoms with E-state index in [1.165, 1.54) is 26.3 Å². The van der Waals surface area contributed by atoms with E-state index in [0.29, 0.717) is 18.6 Å². The van der Waals surface area contributed by atoms with Gasteiger partial charge in [-0.15, -0.1) is 0 Å². The lowest BCUT2D eigenvalue weighted by atomic mass is 9.85. The van der Waals surface area contributed by atoms with Gasteiger partial charge in [-0.2, -0.15) is 0 Å². The van der Waals surface area contributed by atoms with Crippen LogP contribution in [0.25, 0.3) is 0 Å². The van der Waals surface area contributed by atoms with Gasteiger partial charge in [-0.05, 0) is 12.8 Å². The molecular weight excluding hydrogens is 258 g/mol. The molecule has 0 aromatic heterocycles. The van der Waals surface area contributed by atoms with Crippen LogP contribution in [0.4, 0.5) is 0 Å². The van der Waals surface area contributed by atoms with Gasteiger partial charge in [0.25, 0.3) is 0 Å². The summed E-state index contributed by atoms with van der Waals surface area (Å²) in [7, 11) is 0. The molecule has 0 spiro atoms. The van der Waals surface area contributed by atoms with Gasteiger partial charge in [-0.25, -0.2) is 4.79 Å². The maximum Gasteiger partial charge on any atom is 0.341 e. The van der Waals surface area contributed by atoms with Crippen LogP contribution in [0.2, 0.25) is 0 Å². The van der Waals surface area contributed by atoms with Crippen LogP contribution in [0.15, 0.2) is 0 Å². The first-order chi connectivity index (χ1) is 9.37. The first kappa shape index (κ1) is 15.7. The van der Waals surface area contributed by atoms with Gasteiger partial charge in [0.05, 0.1) is 31.2 Å². The number of aliphatic hydroxyl groups is 2. The van der Waals surface area contributed by atoms with E-state index in [1.807, 2.05) is 0 Å². The average molecular weight is 286 g/mol. The Morgan fingerprint density at radius 1 is 1.35 bits per heavy atom. The Morgan fingerprint density at radius 2 is 2.05 bits per heavy atom. The topological polar surface area (TPSA) is 71.2 Å². The van der Waals surface area contributed by atoms with Gasteiger partial charge in [0.2, 0.25) is 0 Å². The Balaban J connectivity index is 1.91. The highest BCUT2D eigenvalue weighted by Gasteiger charge is 2.47. The van der Waals surface area contributed by atoms with Crippen LogP contribution in [0.3, 0.4) is 0 Å². The van der Waals surface area contributed by atoms with Crippen molar-refractivity contribution >= 4 is 5.97 Å². The molecule has 0 saturated carbocycles. The number of carbonyl (C=O) groups excluding carboxylic acids is 1. The largest absolute Gasteiger partial charge is 0.463 e. The van der Waals surface area contributed by atoms with E-state index < -0.39 is 17.7 Å². The van der Waals surface area contributed by atoms with Crippen LogP contribution < -0.4 is 4.90 Å². The van der Waals surface area contributed by atoms with Crippen molar-refractivity contribution < 1.29 is 24.6 Å². The number of aliphatic hydroxyl groups excluding tert-OH is 1. The van der Waals surface area contributed by atoms with Crippen LogP contribution in [0.5, 0.6) is 0 Å². The SMILES string of the molecule is CC(C)[C@](O)(C(=O)OC[C@@H]1CC[NH+]2CCC[C@@H]12)[C@H](C)O. The van der Waals surface area contributed by atoms with Crippen molar-refractivity contribution in [3.8, 4) is 0 Å². The second kappa shape index (κ2) is 6.00. The van der Waals surface area contributed by atoms with Crippen LogP contribution in [-0.4, -0.2) is 53.6 Å². The summed E-state index contributed by atoms with van der Waals surface area (Å²) in [6.45, 7) is 7.63. The summed E-state index contributed by atoms with van der Waals surface area (Å²) < 4.78 is 5.36. The normalized spacial score (nSPS) is 33.8. The second-order valence-corrected chi connectivity index (χ2v) is 6.71. The molecule has 2 fully saturated rings. The highest BCUT2D eigenvalue weighted by Crippen LogP contribution is 2.25. The van der Waals surface area contributed by atoms with Gasteiger partial charge < -0.3 is 19.8 Å². The summed E-state index contributed by atoms with van der Waals surface area (Å²) in [5, 5.41) is 20.1. The minimum Gasteiger partial charge on any atom is -0.463 e. The van der Waals surface area contributed by atoms with Gasteiger partial charge in [0, 0.05) is 19.3 Å². The van der Waals surface area contributed by atoms with E-state index in [-0.39, 0.29) is 5.92 Å².